The third-order valence-electron chi connectivity index (χ3n) is 2.72. The highest BCUT2D eigenvalue weighted by atomic mass is 19.4. The summed E-state index contributed by atoms with van der Waals surface area (Å²) in [5.74, 6) is -12.6. The molecule has 0 N–H and O–H groups in total. The van der Waals surface area contributed by atoms with Gasteiger partial charge in [0.1, 0.15) is 0 Å². The van der Waals surface area contributed by atoms with E-state index >= 15 is 0 Å². The fourth-order valence-electron chi connectivity index (χ4n) is 1.26. The van der Waals surface area contributed by atoms with Gasteiger partial charge in [0.25, 0.3) is 12.7 Å². The molecule has 0 saturated carbocycles. The number of alkyl halides is 16. The Balaban J connectivity index is 5.34. The third kappa shape index (κ3) is 5.91. The Hall–Kier alpha value is -1.16. The summed E-state index contributed by atoms with van der Waals surface area (Å²) in [6.45, 7) is 0. The normalized spacial score (nSPS) is 21.3. The van der Waals surface area contributed by atoms with Crippen molar-refractivity contribution >= 4 is 0 Å². The molecule has 0 saturated heterocycles. The molecule has 0 aromatic carbocycles. The van der Waals surface area contributed by atoms with E-state index in [1.165, 1.54) is 0 Å². The van der Waals surface area contributed by atoms with Gasteiger partial charge >= 0.3 is 24.2 Å². The van der Waals surface area contributed by atoms with Crippen LogP contribution >= 0.6 is 0 Å². The van der Waals surface area contributed by atoms with Gasteiger partial charge in [-0.2, -0.15) is 43.9 Å². The molecule has 17 heteroatoms. The van der Waals surface area contributed by atoms with Gasteiger partial charge in [-0.05, 0) is 0 Å². The molecule has 0 aliphatic heterocycles. The van der Waals surface area contributed by atoms with E-state index in [1.807, 2.05) is 0 Å². The molecule has 0 aliphatic carbocycles. The molecular weight excluding hydrogens is 440 g/mol. The second kappa shape index (κ2) is 8.06. The Labute approximate surface area is 138 Å². The van der Waals surface area contributed by atoms with Gasteiger partial charge in [0.2, 0.25) is 24.7 Å². The fraction of sp³-hybridized carbons (Fsp3) is 1.00. The molecule has 0 rings (SSSR count). The molecular formula is C10H6F16O. The Morgan fingerprint density at radius 3 is 0.815 bits per heavy atom. The maximum Gasteiger partial charge on any atom is 0.422 e. The van der Waals surface area contributed by atoms with Crippen LogP contribution in [0.4, 0.5) is 70.2 Å². The minimum Gasteiger partial charge on any atom is -0.303 e. The first-order valence-corrected chi connectivity index (χ1v) is 6.07. The smallest absolute Gasteiger partial charge is 0.303 e. The lowest BCUT2D eigenvalue weighted by atomic mass is 10.1. The van der Waals surface area contributed by atoms with Gasteiger partial charge in [0.05, 0.1) is 0 Å². The molecule has 0 fully saturated rings. The molecule has 0 aromatic heterocycles. The van der Waals surface area contributed by atoms with Crippen LogP contribution in [0.25, 0.3) is 0 Å². The topological polar surface area (TPSA) is 9.23 Å². The first-order valence-electron chi connectivity index (χ1n) is 6.07. The van der Waals surface area contributed by atoms with E-state index in [0.717, 1.165) is 0 Å². The van der Waals surface area contributed by atoms with Crippen molar-refractivity contribution in [3.8, 4) is 0 Å². The number of hydrogen-bond donors (Lipinski definition) is 0. The average molecular weight is 446 g/mol. The molecule has 0 aromatic rings. The van der Waals surface area contributed by atoms with Crippen LogP contribution in [0, 0.1) is 0 Å². The SMILES string of the molecule is FC(C(F)C(F)(F)C(F)OC(F)C(F)(F)C(F)C(F)C(F)(F)F)C(F)(F)F. The van der Waals surface area contributed by atoms with E-state index in [1.54, 1.807) is 0 Å². The highest BCUT2D eigenvalue weighted by Gasteiger charge is 2.64. The van der Waals surface area contributed by atoms with Crippen molar-refractivity contribution in [3.63, 3.8) is 0 Å². The molecule has 0 heterocycles. The van der Waals surface area contributed by atoms with Crippen LogP contribution in [0.1, 0.15) is 0 Å². The second-order valence-electron chi connectivity index (χ2n) is 4.81. The second-order valence-corrected chi connectivity index (χ2v) is 4.81. The fourth-order valence-corrected chi connectivity index (χ4v) is 1.26. The Morgan fingerprint density at radius 1 is 0.407 bits per heavy atom. The summed E-state index contributed by atoms with van der Waals surface area (Å²) in [6.07, 6.45) is -43.5. The maximum atomic E-state index is 12.9. The largest absolute Gasteiger partial charge is 0.422 e. The predicted octanol–water partition coefficient (Wildman–Crippen LogP) is 5.34. The van der Waals surface area contributed by atoms with Crippen LogP contribution < -0.4 is 0 Å². The Bertz CT molecular complexity index is 429. The van der Waals surface area contributed by atoms with Crippen molar-refractivity contribution in [2.75, 3.05) is 0 Å². The molecule has 0 radical (unpaired) electrons. The first kappa shape index (κ1) is 25.8. The van der Waals surface area contributed by atoms with Crippen molar-refractivity contribution in [1.82, 2.24) is 0 Å². The Morgan fingerprint density at radius 2 is 0.630 bits per heavy atom. The van der Waals surface area contributed by atoms with Crippen LogP contribution in [0.5, 0.6) is 0 Å². The molecule has 1 nitrogen and oxygen atoms in total. The van der Waals surface area contributed by atoms with Gasteiger partial charge in [-0.25, -0.2) is 26.3 Å². The van der Waals surface area contributed by atoms with Crippen LogP contribution in [0.15, 0.2) is 0 Å². The lowest BCUT2D eigenvalue weighted by Crippen LogP contribution is -2.54. The zero-order valence-electron chi connectivity index (χ0n) is 11.9. The van der Waals surface area contributed by atoms with E-state index in [9.17, 15) is 70.2 Å². The van der Waals surface area contributed by atoms with Crippen LogP contribution in [0.2, 0.25) is 0 Å². The van der Waals surface area contributed by atoms with Crippen molar-refractivity contribution in [3.05, 3.63) is 0 Å². The van der Waals surface area contributed by atoms with Crippen LogP contribution in [-0.4, -0.2) is 61.6 Å². The highest BCUT2D eigenvalue weighted by molar-refractivity contribution is 4.92. The van der Waals surface area contributed by atoms with Gasteiger partial charge in [-0.1, -0.05) is 0 Å². The molecule has 164 valence electrons. The zero-order chi connectivity index (χ0) is 22.2. The number of halogens is 16. The predicted molar refractivity (Wildman–Crippen MR) is 52.5 cm³/mol. The van der Waals surface area contributed by atoms with E-state index in [-0.39, 0.29) is 0 Å². The Kier molecular flexibility index (Phi) is 7.72. The van der Waals surface area contributed by atoms with Gasteiger partial charge in [-0.15, -0.1) is 0 Å². The molecule has 0 amide bonds. The van der Waals surface area contributed by atoms with E-state index in [4.69, 9.17) is 0 Å². The molecule has 6 unspecified atom stereocenters. The van der Waals surface area contributed by atoms with Gasteiger partial charge in [-0.3, -0.25) is 0 Å². The molecule has 0 aliphatic rings. The summed E-state index contributed by atoms with van der Waals surface area (Å²) in [5.41, 5.74) is 0. The van der Waals surface area contributed by atoms with Gasteiger partial charge in [0, 0.05) is 0 Å². The summed E-state index contributed by atoms with van der Waals surface area (Å²) in [7, 11) is 0. The van der Waals surface area contributed by atoms with Crippen LogP contribution in [0.3, 0.4) is 0 Å². The summed E-state index contributed by atoms with van der Waals surface area (Å²) in [5, 5.41) is 0. The lowest BCUT2D eigenvalue weighted by molar-refractivity contribution is -0.328. The van der Waals surface area contributed by atoms with E-state index in [2.05, 4.69) is 4.74 Å². The lowest BCUT2D eigenvalue weighted by Gasteiger charge is -2.31. The minimum atomic E-state index is -6.35. The van der Waals surface area contributed by atoms with Gasteiger partial charge < -0.3 is 4.74 Å². The third-order valence-corrected chi connectivity index (χ3v) is 2.72. The molecule has 6 atom stereocenters. The first-order chi connectivity index (χ1) is 11.7. The van der Waals surface area contributed by atoms with Crippen molar-refractivity contribution in [2.24, 2.45) is 0 Å². The minimum absolute atomic E-state index is 2.37. The zero-order valence-corrected chi connectivity index (χ0v) is 11.9. The number of rotatable bonds is 8. The van der Waals surface area contributed by atoms with Crippen molar-refractivity contribution in [1.29, 1.82) is 0 Å². The molecule has 0 bridgehead atoms. The van der Waals surface area contributed by atoms with Gasteiger partial charge in [0.15, 0.2) is 0 Å². The number of ether oxygens (including phenoxy) is 1. The maximum absolute atomic E-state index is 12.9. The standard InChI is InChI=1S/C10H6F16O/c11-1(3(13)9(21,22)23)7(17,18)5(15)27-6(16)8(19,20)2(12)4(14)10(24,25)26/h1-6H. The van der Waals surface area contributed by atoms with Crippen LogP contribution in [-0.2, 0) is 4.74 Å². The summed E-state index contributed by atoms with van der Waals surface area (Å²) in [4.78, 5) is 0. The molecule has 0 spiro atoms. The summed E-state index contributed by atoms with van der Waals surface area (Å²) in [6, 6.07) is 0. The van der Waals surface area contributed by atoms with E-state index < -0.39 is 61.6 Å². The average Bonchev–Trinajstić information content (AvgIpc) is 2.49. The molecule has 27 heavy (non-hydrogen) atoms. The highest BCUT2D eigenvalue weighted by Crippen LogP contribution is 2.42. The monoisotopic (exact) mass is 446 g/mol. The van der Waals surface area contributed by atoms with E-state index in [0.29, 0.717) is 0 Å². The summed E-state index contributed by atoms with van der Waals surface area (Å²) >= 11 is 0. The number of hydrogen-bond acceptors (Lipinski definition) is 1. The van der Waals surface area contributed by atoms with Crippen molar-refractivity contribution in [2.45, 2.75) is 61.6 Å². The van der Waals surface area contributed by atoms with Crippen molar-refractivity contribution < 1.29 is 75.0 Å². The summed E-state index contributed by atoms with van der Waals surface area (Å²) < 4.78 is 201. The quantitative estimate of drug-likeness (QED) is 0.458.